The summed E-state index contributed by atoms with van der Waals surface area (Å²) in [5.74, 6) is -0.0823. The summed E-state index contributed by atoms with van der Waals surface area (Å²) in [5, 5.41) is 21.8. The van der Waals surface area contributed by atoms with Crippen molar-refractivity contribution in [2.75, 3.05) is 11.0 Å². The summed E-state index contributed by atoms with van der Waals surface area (Å²) in [7, 11) is -7.96. The number of ether oxygens (including phenoxy) is 1. The van der Waals surface area contributed by atoms with Crippen LogP contribution in [0.4, 0.5) is 10.7 Å². The second kappa shape index (κ2) is 12.3. The first-order valence-corrected chi connectivity index (χ1v) is 16.1. The van der Waals surface area contributed by atoms with Crippen molar-refractivity contribution in [3.05, 3.63) is 54.1 Å². The third-order valence-electron chi connectivity index (χ3n) is 5.99. The van der Waals surface area contributed by atoms with Crippen LogP contribution in [0.3, 0.4) is 0 Å². The molecule has 0 radical (unpaired) electrons. The van der Waals surface area contributed by atoms with Crippen LogP contribution in [0, 0.1) is 0 Å². The Morgan fingerprint density at radius 2 is 1.73 bits per heavy atom. The highest BCUT2D eigenvalue weighted by Crippen LogP contribution is 2.26. The molecule has 1 aromatic heterocycles. The van der Waals surface area contributed by atoms with Crippen LogP contribution >= 0.6 is 0 Å². The summed E-state index contributed by atoms with van der Waals surface area (Å²) in [6.45, 7) is 8.36. The Kier molecular flexibility index (Phi) is 9.70. The number of aromatic nitrogens is 2. The molecule has 0 saturated carbocycles. The van der Waals surface area contributed by atoms with Gasteiger partial charge in [-0.1, -0.05) is 30.3 Å². The van der Waals surface area contributed by atoms with Crippen LogP contribution in [0.2, 0.25) is 0 Å². The average molecular weight is 612 g/mol. The third-order valence-corrected chi connectivity index (χ3v) is 7.97. The largest absolute Gasteiger partial charge is 0.465 e. The van der Waals surface area contributed by atoms with E-state index in [1.807, 2.05) is 6.07 Å². The lowest BCUT2D eigenvalue weighted by Gasteiger charge is -2.43. The first-order chi connectivity index (χ1) is 18.9. The van der Waals surface area contributed by atoms with Crippen molar-refractivity contribution in [3.63, 3.8) is 0 Å². The summed E-state index contributed by atoms with van der Waals surface area (Å²) in [6, 6.07) is 11.8. The topological polar surface area (TPSA) is 191 Å². The zero-order valence-electron chi connectivity index (χ0n) is 23.7. The molecule has 0 aliphatic carbocycles. The second-order valence-corrected chi connectivity index (χ2v) is 14.4. The molecule has 3 atom stereocenters. The van der Waals surface area contributed by atoms with Gasteiger partial charge in [-0.05, 0) is 64.8 Å². The van der Waals surface area contributed by atoms with Gasteiger partial charge in [-0.2, -0.15) is 4.72 Å². The smallest absolute Gasteiger partial charge is 0.408 e. The summed E-state index contributed by atoms with van der Waals surface area (Å²) in [6.07, 6.45) is -3.94. The van der Waals surface area contributed by atoms with Gasteiger partial charge < -0.3 is 19.9 Å². The fourth-order valence-corrected chi connectivity index (χ4v) is 6.03. The van der Waals surface area contributed by atoms with Crippen LogP contribution in [0.5, 0.6) is 0 Å². The number of H-pyrrole nitrogens is 1. The highest BCUT2D eigenvalue weighted by atomic mass is 32.2. The van der Waals surface area contributed by atoms with E-state index >= 15 is 0 Å². The Bertz CT molecular complexity index is 1570. The molecule has 226 valence electrons. The lowest BCUT2D eigenvalue weighted by atomic mass is 9.94. The fourth-order valence-electron chi connectivity index (χ4n) is 4.42. The van der Waals surface area contributed by atoms with E-state index in [1.165, 1.54) is 18.2 Å². The summed E-state index contributed by atoms with van der Waals surface area (Å²) < 4.78 is 60.5. The summed E-state index contributed by atoms with van der Waals surface area (Å²) >= 11 is 0. The molecule has 41 heavy (non-hydrogen) atoms. The molecule has 0 spiro atoms. The van der Waals surface area contributed by atoms with Gasteiger partial charge in [-0.3, -0.25) is 9.62 Å². The SMILES string of the molecule is CC(C)OC(NS(=O)(=O)c1ccc2nc(NS(C)(=O)=O)[nH]c2c1)[C@H](O)[C@H](Cc1ccccc1)N(C(=O)O)C(C)(C)C. The Morgan fingerprint density at radius 3 is 2.27 bits per heavy atom. The maximum atomic E-state index is 13.5. The van der Waals surface area contributed by atoms with Crippen LogP contribution in [0.1, 0.15) is 40.2 Å². The van der Waals surface area contributed by atoms with Crippen LogP contribution < -0.4 is 9.44 Å². The van der Waals surface area contributed by atoms with E-state index in [-0.39, 0.29) is 22.8 Å². The maximum absolute atomic E-state index is 13.5. The van der Waals surface area contributed by atoms with Gasteiger partial charge in [-0.15, -0.1) is 0 Å². The molecule has 5 N–H and O–H groups in total. The molecule has 15 heteroatoms. The van der Waals surface area contributed by atoms with E-state index in [1.54, 1.807) is 58.9 Å². The Balaban J connectivity index is 2.00. The zero-order valence-corrected chi connectivity index (χ0v) is 25.3. The summed E-state index contributed by atoms with van der Waals surface area (Å²) in [4.78, 5) is 20.1. The number of hydrogen-bond acceptors (Lipinski definition) is 8. The van der Waals surface area contributed by atoms with Gasteiger partial charge in [0.2, 0.25) is 26.0 Å². The van der Waals surface area contributed by atoms with Crippen LogP contribution in [0.25, 0.3) is 11.0 Å². The molecular weight excluding hydrogens is 574 g/mol. The van der Waals surface area contributed by atoms with Crippen molar-refractivity contribution in [1.82, 2.24) is 19.6 Å². The van der Waals surface area contributed by atoms with Gasteiger partial charge in [0, 0.05) is 5.54 Å². The molecule has 0 aliphatic heterocycles. The predicted molar refractivity (Wildman–Crippen MR) is 154 cm³/mol. The number of hydrogen-bond donors (Lipinski definition) is 5. The number of amides is 1. The molecule has 0 aliphatic rings. The van der Waals surface area contributed by atoms with Crippen molar-refractivity contribution >= 4 is 43.1 Å². The van der Waals surface area contributed by atoms with Crippen molar-refractivity contribution in [3.8, 4) is 0 Å². The average Bonchev–Trinajstić information content (AvgIpc) is 3.21. The maximum Gasteiger partial charge on any atom is 0.408 e. The van der Waals surface area contributed by atoms with Gasteiger partial charge in [0.1, 0.15) is 12.3 Å². The first kappa shape index (κ1) is 32.3. The van der Waals surface area contributed by atoms with Gasteiger partial charge in [0.15, 0.2) is 0 Å². The molecule has 0 saturated heterocycles. The quantitative estimate of drug-likeness (QED) is 0.192. The number of nitrogens with zero attached hydrogens (tertiary/aromatic N) is 2. The number of fused-ring (bicyclic) bond motifs is 1. The van der Waals surface area contributed by atoms with Gasteiger partial charge >= 0.3 is 6.09 Å². The van der Waals surface area contributed by atoms with E-state index in [2.05, 4.69) is 19.4 Å². The number of benzene rings is 2. The number of aliphatic hydroxyl groups excluding tert-OH is 1. The minimum Gasteiger partial charge on any atom is -0.465 e. The number of rotatable bonds is 12. The van der Waals surface area contributed by atoms with E-state index < -0.39 is 56.2 Å². The molecule has 1 unspecified atom stereocenters. The Labute approximate surface area is 240 Å². The molecule has 1 amide bonds. The second-order valence-electron chi connectivity index (χ2n) is 10.9. The molecule has 13 nitrogen and oxygen atoms in total. The first-order valence-electron chi connectivity index (χ1n) is 12.8. The number of aliphatic hydroxyl groups is 1. The molecule has 0 fully saturated rings. The predicted octanol–water partition coefficient (Wildman–Crippen LogP) is 2.71. The van der Waals surface area contributed by atoms with E-state index in [0.29, 0.717) is 5.52 Å². The normalized spacial score (nSPS) is 15.0. The number of aromatic amines is 1. The Morgan fingerprint density at radius 1 is 1.10 bits per heavy atom. The lowest BCUT2D eigenvalue weighted by Crippen LogP contribution is -2.61. The molecule has 2 aromatic carbocycles. The van der Waals surface area contributed by atoms with Gasteiger partial charge in [0.05, 0.1) is 34.3 Å². The van der Waals surface area contributed by atoms with E-state index in [0.717, 1.165) is 16.7 Å². The number of anilines is 1. The molecule has 3 aromatic rings. The molecule has 3 rings (SSSR count). The minimum absolute atomic E-state index is 0.0823. The zero-order chi connectivity index (χ0) is 30.8. The minimum atomic E-state index is -4.34. The number of imidazole rings is 1. The number of sulfonamides is 2. The standard InChI is InChI=1S/C26H37N5O8S2/c1-16(2)39-23(22(32)21(14-17-10-8-7-9-11-17)31(25(33)34)26(3,4)5)29-41(37,38)18-12-13-19-20(15-18)28-24(27-19)30-40(6,35)36/h7-13,15-16,21-23,29,32H,14H2,1-6H3,(H,33,34)(H2,27,28,30)/t21-,22+,23?/m0/s1. The van der Waals surface area contributed by atoms with Crippen LogP contribution in [-0.2, 0) is 31.2 Å². The molecule has 0 bridgehead atoms. The van der Waals surface area contributed by atoms with Crippen LogP contribution in [0.15, 0.2) is 53.4 Å². The molecule has 1 heterocycles. The van der Waals surface area contributed by atoms with Gasteiger partial charge in [-0.25, -0.2) is 26.6 Å². The van der Waals surface area contributed by atoms with Crippen LogP contribution in [-0.4, -0.2) is 84.3 Å². The van der Waals surface area contributed by atoms with E-state index in [9.17, 15) is 31.8 Å². The Hall–Kier alpha value is -3.24. The number of carbonyl (C=O) groups is 1. The monoisotopic (exact) mass is 611 g/mol. The lowest BCUT2D eigenvalue weighted by molar-refractivity contribution is -0.104. The highest BCUT2D eigenvalue weighted by Gasteiger charge is 2.42. The van der Waals surface area contributed by atoms with Crippen molar-refractivity contribution in [2.24, 2.45) is 0 Å². The van der Waals surface area contributed by atoms with Crippen molar-refractivity contribution in [2.45, 2.75) is 76.0 Å². The number of carboxylic acid groups (broad SMARTS) is 1. The summed E-state index contributed by atoms with van der Waals surface area (Å²) in [5.41, 5.74) is 0.348. The highest BCUT2D eigenvalue weighted by molar-refractivity contribution is 7.92. The molecular formula is C26H37N5O8S2. The number of nitrogens with one attached hydrogen (secondary N) is 3. The third kappa shape index (κ3) is 8.63. The van der Waals surface area contributed by atoms with Gasteiger partial charge in [0.25, 0.3) is 0 Å². The van der Waals surface area contributed by atoms with Crippen molar-refractivity contribution < 1.29 is 36.6 Å². The van der Waals surface area contributed by atoms with Crippen molar-refractivity contribution in [1.29, 1.82) is 0 Å². The fraction of sp³-hybridized carbons (Fsp3) is 0.462. The van der Waals surface area contributed by atoms with E-state index in [4.69, 9.17) is 4.74 Å².